The molecule has 0 atom stereocenters. The van der Waals surface area contributed by atoms with Crippen LogP contribution >= 0.6 is 0 Å². The van der Waals surface area contributed by atoms with Crippen LogP contribution in [0.15, 0.2) is 0 Å². The van der Waals surface area contributed by atoms with Crippen molar-refractivity contribution in [1.82, 2.24) is 0 Å². The van der Waals surface area contributed by atoms with Gasteiger partial charge in [-0.15, -0.1) is 0 Å². The van der Waals surface area contributed by atoms with Crippen LogP contribution in [0.4, 0.5) is 0 Å². The highest BCUT2D eigenvalue weighted by atomic mass is 14.7. The van der Waals surface area contributed by atoms with E-state index in [0.29, 0.717) is 0 Å². The maximum atomic E-state index is 6.37. The maximum absolute atomic E-state index is 6.37. The number of rotatable bonds is 6. The molecule has 84 valence electrons. The molecule has 0 aliphatic heterocycles. The molecule has 2 N–H and O–H groups in total. The summed E-state index contributed by atoms with van der Waals surface area (Å²) in [4.78, 5) is 0. The Morgan fingerprint density at radius 1 is 0.929 bits per heavy atom. The van der Waals surface area contributed by atoms with Gasteiger partial charge >= 0.3 is 0 Å². The van der Waals surface area contributed by atoms with Gasteiger partial charge in [-0.3, -0.25) is 0 Å². The van der Waals surface area contributed by atoms with E-state index in [4.69, 9.17) is 5.73 Å². The predicted molar refractivity (Wildman–Crippen MR) is 63.4 cm³/mol. The standard InChI is InChI=1S/C13H27N/c1-2-3-4-5-7-10-13(14)11-8-6-9-12-13/h2-12,14H2,1H3. The summed E-state index contributed by atoms with van der Waals surface area (Å²) in [6.07, 6.45) is 14.9. The molecule has 0 heterocycles. The molecule has 0 saturated heterocycles. The molecule has 1 nitrogen and oxygen atoms in total. The fourth-order valence-corrected chi connectivity index (χ4v) is 2.59. The highest BCUT2D eigenvalue weighted by Gasteiger charge is 2.26. The van der Waals surface area contributed by atoms with Gasteiger partial charge in [0.05, 0.1) is 0 Å². The van der Waals surface area contributed by atoms with Crippen molar-refractivity contribution in [2.24, 2.45) is 5.73 Å². The zero-order chi connectivity index (χ0) is 10.3. The fourth-order valence-electron chi connectivity index (χ4n) is 2.59. The van der Waals surface area contributed by atoms with Gasteiger partial charge in [0.2, 0.25) is 0 Å². The number of unbranched alkanes of at least 4 members (excludes halogenated alkanes) is 4. The van der Waals surface area contributed by atoms with Crippen LogP contribution in [0, 0.1) is 0 Å². The normalized spacial score (nSPS) is 21.0. The molecular formula is C13H27N. The lowest BCUT2D eigenvalue weighted by Gasteiger charge is -2.33. The van der Waals surface area contributed by atoms with Gasteiger partial charge in [0.25, 0.3) is 0 Å². The van der Waals surface area contributed by atoms with Crippen LogP contribution in [0.3, 0.4) is 0 Å². The monoisotopic (exact) mass is 197 g/mol. The predicted octanol–water partition coefficient (Wildman–Crippen LogP) is 4.01. The second-order valence-corrected chi connectivity index (χ2v) is 5.09. The van der Waals surface area contributed by atoms with E-state index in [9.17, 15) is 0 Å². The van der Waals surface area contributed by atoms with E-state index >= 15 is 0 Å². The molecule has 0 spiro atoms. The topological polar surface area (TPSA) is 26.0 Å². The van der Waals surface area contributed by atoms with Crippen molar-refractivity contribution >= 4 is 0 Å². The molecule has 1 aliphatic rings. The molecule has 0 amide bonds. The molecule has 0 aromatic carbocycles. The fraction of sp³-hybridized carbons (Fsp3) is 1.00. The van der Waals surface area contributed by atoms with Crippen molar-refractivity contribution in [3.05, 3.63) is 0 Å². The Hall–Kier alpha value is -0.0400. The van der Waals surface area contributed by atoms with Crippen LogP contribution in [0.5, 0.6) is 0 Å². The Kier molecular flexibility index (Phi) is 5.54. The second-order valence-electron chi connectivity index (χ2n) is 5.09. The first-order valence-corrected chi connectivity index (χ1v) is 6.56. The van der Waals surface area contributed by atoms with Gasteiger partial charge < -0.3 is 5.73 Å². The van der Waals surface area contributed by atoms with Crippen LogP contribution in [-0.4, -0.2) is 5.54 Å². The molecule has 0 bridgehead atoms. The SMILES string of the molecule is CCCCCCCC1(N)CCCCC1. The van der Waals surface area contributed by atoms with E-state index in [2.05, 4.69) is 6.92 Å². The van der Waals surface area contributed by atoms with E-state index in [1.54, 1.807) is 0 Å². The van der Waals surface area contributed by atoms with E-state index < -0.39 is 0 Å². The number of nitrogens with two attached hydrogens (primary N) is 1. The van der Waals surface area contributed by atoms with Crippen molar-refractivity contribution in [1.29, 1.82) is 0 Å². The smallest absolute Gasteiger partial charge is 0.0154 e. The minimum atomic E-state index is 0.227. The highest BCUT2D eigenvalue weighted by molar-refractivity contribution is 4.86. The highest BCUT2D eigenvalue weighted by Crippen LogP contribution is 2.30. The van der Waals surface area contributed by atoms with Crippen LogP contribution in [0.2, 0.25) is 0 Å². The van der Waals surface area contributed by atoms with Crippen LogP contribution in [0.25, 0.3) is 0 Å². The first kappa shape index (κ1) is 12.0. The second kappa shape index (κ2) is 6.44. The Morgan fingerprint density at radius 3 is 2.21 bits per heavy atom. The first-order valence-electron chi connectivity index (χ1n) is 6.56. The summed E-state index contributed by atoms with van der Waals surface area (Å²) < 4.78 is 0. The van der Waals surface area contributed by atoms with E-state index in [1.165, 1.54) is 70.6 Å². The van der Waals surface area contributed by atoms with Crippen molar-refractivity contribution in [3.63, 3.8) is 0 Å². The van der Waals surface area contributed by atoms with Gasteiger partial charge in [0, 0.05) is 5.54 Å². The van der Waals surface area contributed by atoms with Crippen molar-refractivity contribution in [3.8, 4) is 0 Å². The van der Waals surface area contributed by atoms with Gasteiger partial charge in [-0.25, -0.2) is 0 Å². The van der Waals surface area contributed by atoms with E-state index in [0.717, 1.165) is 0 Å². The average molecular weight is 197 g/mol. The molecule has 0 aromatic rings. The Morgan fingerprint density at radius 2 is 1.57 bits per heavy atom. The summed E-state index contributed by atoms with van der Waals surface area (Å²) in [5.74, 6) is 0. The van der Waals surface area contributed by atoms with Crippen LogP contribution in [0.1, 0.15) is 77.6 Å². The number of hydrogen-bond acceptors (Lipinski definition) is 1. The Bertz CT molecular complexity index is 136. The molecule has 1 heteroatoms. The maximum Gasteiger partial charge on any atom is 0.0154 e. The van der Waals surface area contributed by atoms with Gasteiger partial charge in [0.1, 0.15) is 0 Å². The molecule has 0 aromatic heterocycles. The van der Waals surface area contributed by atoms with Gasteiger partial charge in [-0.1, -0.05) is 58.3 Å². The van der Waals surface area contributed by atoms with Crippen molar-refractivity contribution < 1.29 is 0 Å². The summed E-state index contributed by atoms with van der Waals surface area (Å²) in [6.45, 7) is 2.27. The lowest BCUT2D eigenvalue weighted by molar-refractivity contribution is 0.269. The van der Waals surface area contributed by atoms with Crippen LogP contribution in [-0.2, 0) is 0 Å². The molecular weight excluding hydrogens is 170 g/mol. The summed E-state index contributed by atoms with van der Waals surface area (Å²) >= 11 is 0. The summed E-state index contributed by atoms with van der Waals surface area (Å²) in [6, 6.07) is 0. The largest absolute Gasteiger partial charge is 0.325 e. The van der Waals surface area contributed by atoms with Gasteiger partial charge in [-0.05, 0) is 19.3 Å². The molecule has 14 heavy (non-hydrogen) atoms. The zero-order valence-electron chi connectivity index (χ0n) is 9.86. The van der Waals surface area contributed by atoms with E-state index in [-0.39, 0.29) is 5.54 Å². The molecule has 1 rings (SSSR count). The molecule has 1 fully saturated rings. The van der Waals surface area contributed by atoms with Gasteiger partial charge in [-0.2, -0.15) is 0 Å². The third-order valence-electron chi connectivity index (χ3n) is 3.63. The van der Waals surface area contributed by atoms with Crippen molar-refractivity contribution in [2.75, 3.05) is 0 Å². The van der Waals surface area contributed by atoms with Crippen molar-refractivity contribution in [2.45, 2.75) is 83.1 Å². The molecule has 0 unspecified atom stereocenters. The minimum Gasteiger partial charge on any atom is -0.325 e. The minimum absolute atomic E-state index is 0.227. The lowest BCUT2D eigenvalue weighted by Crippen LogP contribution is -2.41. The van der Waals surface area contributed by atoms with Crippen LogP contribution < -0.4 is 5.73 Å². The molecule has 1 aliphatic carbocycles. The summed E-state index contributed by atoms with van der Waals surface area (Å²) in [7, 11) is 0. The first-order chi connectivity index (χ1) is 6.77. The van der Waals surface area contributed by atoms with Gasteiger partial charge in [0.15, 0.2) is 0 Å². The zero-order valence-corrected chi connectivity index (χ0v) is 9.86. The lowest BCUT2D eigenvalue weighted by atomic mass is 9.79. The summed E-state index contributed by atoms with van der Waals surface area (Å²) in [5.41, 5.74) is 6.60. The molecule has 0 radical (unpaired) electrons. The third-order valence-corrected chi connectivity index (χ3v) is 3.63. The quantitative estimate of drug-likeness (QED) is 0.640. The Balaban J connectivity index is 2.03. The summed E-state index contributed by atoms with van der Waals surface area (Å²) in [5, 5.41) is 0. The number of hydrogen-bond donors (Lipinski definition) is 1. The average Bonchev–Trinajstić information content (AvgIpc) is 2.18. The molecule has 1 saturated carbocycles. The third kappa shape index (κ3) is 4.45. The van der Waals surface area contributed by atoms with E-state index in [1.807, 2.05) is 0 Å². The Labute approximate surface area is 89.5 Å².